The Morgan fingerprint density at radius 3 is 2.74 bits per heavy atom. The molecule has 6 heteroatoms. The Hall–Kier alpha value is -1.79. The average Bonchev–Trinajstić information content (AvgIpc) is 2.75. The predicted molar refractivity (Wildman–Crippen MR) is 70.5 cm³/mol. The highest BCUT2D eigenvalue weighted by Gasteiger charge is 2.17. The number of nitrogens with two attached hydrogens (primary N) is 1. The van der Waals surface area contributed by atoms with Crippen molar-refractivity contribution < 1.29 is 14.2 Å². The van der Waals surface area contributed by atoms with Crippen LogP contribution < -0.4 is 15.2 Å². The number of ether oxygens (including phenoxy) is 3. The number of benzene rings is 1. The SMILES string of the molecule is COCc1nc2cc3c(cc2n1CCN)OCCO3. The van der Waals surface area contributed by atoms with E-state index < -0.39 is 0 Å². The third-order valence-corrected chi connectivity index (χ3v) is 3.12. The number of fused-ring (bicyclic) bond motifs is 2. The van der Waals surface area contributed by atoms with Crippen LogP contribution in [0.3, 0.4) is 0 Å². The Morgan fingerprint density at radius 2 is 2.05 bits per heavy atom. The van der Waals surface area contributed by atoms with Crippen molar-refractivity contribution in [2.24, 2.45) is 5.73 Å². The number of aromatic nitrogens is 2. The van der Waals surface area contributed by atoms with Crippen LogP contribution in [0.2, 0.25) is 0 Å². The number of rotatable bonds is 4. The summed E-state index contributed by atoms with van der Waals surface area (Å²) in [5.74, 6) is 2.38. The highest BCUT2D eigenvalue weighted by molar-refractivity contribution is 5.80. The van der Waals surface area contributed by atoms with Crippen LogP contribution in [-0.2, 0) is 17.9 Å². The van der Waals surface area contributed by atoms with Crippen molar-refractivity contribution in [2.75, 3.05) is 26.9 Å². The molecule has 0 amide bonds. The molecule has 2 N–H and O–H groups in total. The summed E-state index contributed by atoms with van der Waals surface area (Å²) in [4.78, 5) is 4.58. The molecule has 0 saturated carbocycles. The van der Waals surface area contributed by atoms with Gasteiger partial charge < -0.3 is 24.5 Å². The normalized spacial score (nSPS) is 14.0. The van der Waals surface area contributed by atoms with Gasteiger partial charge in [0.15, 0.2) is 11.5 Å². The zero-order valence-corrected chi connectivity index (χ0v) is 10.9. The van der Waals surface area contributed by atoms with E-state index in [9.17, 15) is 0 Å². The number of hydrogen-bond donors (Lipinski definition) is 1. The van der Waals surface area contributed by atoms with Crippen molar-refractivity contribution >= 4 is 11.0 Å². The third-order valence-electron chi connectivity index (χ3n) is 3.12. The van der Waals surface area contributed by atoms with Gasteiger partial charge in [-0.2, -0.15) is 0 Å². The maximum atomic E-state index is 5.67. The van der Waals surface area contributed by atoms with Crippen molar-refractivity contribution in [3.05, 3.63) is 18.0 Å². The van der Waals surface area contributed by atoms with Gasteiger partial charge in [-0.3, -0.25) is 0 Å². The van der Waals surface area contributed by atoms with Gasteiger partial charge in [0.05, 0.1) is 11.0 Å². The van der Waals surface area contributed by atoms with Crippen LogP contribution >= 0.6 is 0 Å². The Bertz CT molecular complexity index is 594. The molecule has 0 aliphatic carbocycles. The second-order valence-electron chi connectivity index (χ2n) is 4.39. The Morgan fingerprint density at radius 1 is 1.32 bits per heavy atom. The lowest BCUT2D eigenvalue weighted by molar-refractivity contribution is 0.172. The molecule has 19 heavy (non-hydrogen) atoms. The summed E-state index contributed by atoms with van der Waals surface area (Å²) in [5.41, 5.74) is 7.55. The van der Waals surface area contributed by atoms with Gasteiger partial charge in [-0.05, 0) is 0 Å². The van der Waals surface area contributed by atoms with E-state index in [-0.39, 0.29) is 0 Å². The van der Waals surface area contributed by atoms with Gasteiger partial charge in [-0.25, -0.2) is 4.98 Å². The summed E-state index contributed by atoms with van der Waals surface area (Å²) in [6.07, 6.45) is 0. The molecule has 3 rings (SSSR count). The minimum absolute atomic E-state index is 0.459. The molecule has 0 atom stereocenters. The van der Waals surface area contributed by atoms with Crippen molar-refractivity contribution in [1.82, 2.24) is 9.55 Å². The maximum absolute atomic E-state index is 5.67. The summed E-state index contributed by atoms with van der Waals surface area (Å²) >= 11 is 0. The van der Waals surface area contributed by atoms with Crippen molar-refractivity contribution in [1.29, 1.82) is 0 Å². The molecule has 102 valence electrons. The highest BCUT2D eigenvalue weighted by atomic mass is 16.6. The molecule has 2 aromatic rings. The first-order chi connectivity index (χ1) is 9.33. The largest absolute Gasteiger partial charge is 0.486 e. The van der Waals surface area contributed by atoms with E-state index >= 15 is 0 Å². The van der Waals surface area contributed by atoms with E-state index in [2.05, 4.69) is 9.55 Å². The molecule has 6 nitrogen and oxygen atoms in total. The van der Waals surface area contributed by atoms with Crippen molar-refractivity contribution in [3.63, 3.8) is 0 Å². The molecule has 0 unspecified atom stereocenters. The predicted octanol–water partition coefficient (Wildman–Crippen LogP) is 0.913. The summed E-state index contributed by atoms with van der Waals surface area (Å²) in [6, 6.07) is 3.88. The molecule has 0 bridgehead atoms. The summed E-state index contributed by atoms with van der Waals surface area (Å²) in [7, 11) is 1.66. The Balaban J connectivity index is 2.14. The number of nitrogens with zero attached hydrogens (tertiary/aromatic N) is 2. The van der Waals surface area contributed by atoms with Gasteiger partial charge in [0.2, 0.25) is 0 Å². The van der Waals surface area contributed by atoms with Crippen LogP contribution in [-0.4, -0.2) is 36.4 Å². The summed E-state index contributed by atoms with van der Waals surface area (Å²) in [6.45, 7) is 2.87. The molecule has 0 saturated heterocycles. The minimum Gasteiger partial charge on any atom is -0.486 e. The highest BCUT2D eigenvalue weighted by Crippen LogP contribution is 2.34. The Labute approximate surface area is 111 Å². The van der Waals surface area contributed by atoms with E-state index in [1.54, 1.807) is 7.11 Å². The topological polar surface area (TPSA) is 71.5 Å². The molecule has 1 aromatic carbocycles. The van der Waals surface area contributed by atoms with Crippen LogP contribution in [0.15, 0.2) is 12.1 Å². The number of hydrogen-bond acceptors (Lipinski definition) is 5. The first-order valence-electron chi connectivity index (χ1n) is 6.31. The van der Waals surface area contributed by atoms with Gasteiger partial charge in [-0.15, -0.1) is 0 Å². The molecule has 1 aromatic heterocycles. The monoisotopic (exact) mass is 263 g/mol. The summed E-state index contributed by atoms with van der Waals surface area (Å²) in [5, 5.41) is 0. The van der Waals surface area contributed by atoms with Gasteiger partial charge in [0.25, 0.3) is 0 Å². The zero-order chi connectivity index (χ0) is 13.2. The fourth-order valence-electron chi connectivity index (χ4n) is 2.33. The standard InChI is InChI=1S/C13H17N3O3/c1-17-8-13-15-9-6-11-12(19-5-4-18-11)7-10(9)16(13)3-2-14/h6-7H,2-5,8,14H2,1H3. The van der Waals surface area contributed by atoms with Gasteiger partial charge in [-0.1, -0.05) is 0 Å². The molecule has 0 fully saturated rings. The van der Waals surface area contributed by atoms with E-state index in [4.69, 9.17) is 19.9 Å². The first kappa shape index (κ1) is 12.3. The first-order valence-corrected chi connectivity index (χ1v) is 6.31. The van der Waals surface area contributed by atoms with Gasteiger partial charge in [0.1, 0.15) is 25.6 Å². The molecule has 1 aliphatic heterocycles. The minimum atomic E-state index is 0.459. The van der Waals surface area contributed by atoms with E-state index in [0.717, 1.165) is 28.4 Å². The average molecular weight is 263 g/mol. The van der Waals surface area contributed by atoms with Crippen molar-refractivity contribution in [3.8, 4) is 11.5 Å². The van der Waals surface area contributed by atoms with E-state index in [1.165, 1.54) is 0 Å². The molecule has 2 heterocycles. The zero-order valence-electron chi connectivity index (χ0n) is 10.9. The molecule has 1 aliphatic rings. The lowest BCUT2D eigenvalue weighted by Gasteiger charge is -2.18. The smallest absolute Gasteiger partial charge is 0.163 e. The lowest BCUT2D eigenvalue weighted by Crippen LogP contribution is -2.15. The van der Waals surface area contributed by atoms with Gasteiger partial charge >= 0.3 is 0 Å². The van der Waals surface area contributed by atoms with Crippen molar-refractivity contribution in [2.45, 2.75) is 13.2 Å². The lowest BCUT2D eigenvalue weighted by atomic mass is 10.2. The fraction of sp³-hybridized carbons (Fsp3) is 0.462. The second kappa shape index (κ2) is 5.07. The second-order valence-corrected chi connectivity index (χ2v) is 4.39. The molecular weight excluding hydrogens is 246 g/mol. The van der Waals surface area contributed by atoms with Crippen LogP contribution in [0.25, 0.3) is 11.0 Å². The van der Waals surface area contributed by atoms with Crippen LogP contribution in [0.4, 0.5) is 0 Å². The Kier molecular flexibility index (Phi) is 3.27. The number of methoxy groups -OCH3 is 1. The quantitative estimate of drug-likeness (QED) is 0.887. The van der Waals surface area contributed by atoms with E-state index in [0.29, 0.717) is 32.9 Å². The van der Waals surface area contributed by atoms with Crippen LogP contribution in [0.5, 0.6) is 11.5 Å². The fourth-order valence-corrected chi connectivity index (χ4v) is 2.33. The third kappa shape index (κ3) is 2.13. The maximum Gasteiger partial charge on any atom is 0.163 e. The van der Waals surface area contributed by atoms with E-state index in [1.807, 2.05) is 12.1 Å². The number of imidazole rings is 1. The molecule has 0 spiro atoms. The molecule has 0 radical (unpaired) electrons. The van der Waals surface area contributed by atoms with Crippen LogP contribution in [0, 0.1) is 0 Å². The summed E-state index contributed by atoms with van der Waals surface area (Å²) < 4.78 is 18.4. The molecular formula is C13H17N3O3. The van der Waals surface area contributed by atoms with Gasteiger partial charge in [0, 0.05) is 32.3 Å². The van der Waals surface area contributed by atoms with Crippen LogP contribution in [0.1, 0.15) is 5.82 Å².